The van der Waals surface area contributed by atoms with Crippen molar-refractivity contribution in [2.75, 3.05) is 12.3 Å². The van der Waals surface area contributed by atoms with E-state index in [1.165, 1.54) is 4.90 Å². The number of aliphatic hydroxyl groups is 1. The second-order valence-electron chi connectivity index (χ2n) is 5.93. The SMILES string of the molecule is CC(C)(C)[C@@H](O)CCNC(=O)CCSc1ccccc1. The molecule has 0 saturated carbocycles. The molecule has 0 aromatic heterocycles. The lowest BCUT2D eigenvalue weighted by Gasteiger charge is -2.25. The zero-order valence-corrected chi connectivity index (χ0v) is 13.4. The number of hydrogen-bond acceptors (Lipinski definition) is 3. The number of nitrogens with one attached hydrogen (secondary N) is 1. The second kappa shape index (κ2) is 8.32. The van der Waals surface area contributed by atoms with Gasteiger partial charge in [0.05, 0.1) is 6.10 Å². The quantitative estimate of drug-likeness (QED) is 0.760. The van der Waals surface area contributed by atoms with E-state index < -0.39 is 0 Å². The van der Waals surface area contributed by atoms with E-state index in [-0.39, 0.29) is 17.4 Å². The number of thioether (sulfide) groups is 1. The average Bonchev–Trinajstić information content (AvgIpc) is 2.38. The Hall–Kier alpha value is -1.00. The molecule has 1 atom stereocenters. The third-order valence-electron chi connectivity index (χ3n) is 3.08. The number of carbonyl (C=O) groups is 1. The van der Waals surface area contributed by atoms with E-state index in [1.807, 2.05) is 51.1 Å². The van der Waals surface area contributed by atoms with Gasteiger partial charge >= 0.3 is 0 Å². The standard InChI is InChI=1S/C16H25NO2S/c1-16(2,3)14(18)9-11-17-15(19)10-12-20-13-7-5-4-6-8-13/h4-8,14,18H,9-12H2,1-3H3,(H,17,19)/t14-/m0/s1. The van der Waals surface area contributed by atoms with Crippen LogP contribution in [0.5, 0.6) is 0 Å². The van der Waals surface area contributed by atoms with Gasteiger partial charge in [-0.25, -0.2) is 0 Å². The molecule has 112 valence electrons. The van der Waals surface area contributed by atoms with E-state index in [1.54, 1.807) is 11.8 Å². The summed E-state index contributed by atoms with van der Waals surface area (Å²) in [5.41, 5.74) is -0.131. The summed E-state index contributed by atoms with van der Waals surface area (Å²) in [5, 5.41) is 12.7. The highest BCUT2D eigenvalue weighted by Gasteiger charge is 2.21. The molecular formula is C16H25NO2S. The van der Waals surface area contributed by atoms with Crippen molar-refractivity contribution >= 4 is 17.7 Å². The van der Waals surface area contributed by atoms with Gasteiger partial charge in [0, 0.05) is 23.6 Å². The Bertz CT molecular complexity index is 401. The lowest BCUT2D eigenvalue weighted by molar-refractivity contribution is -0.120. The molecule has 0 aliphatic heterocycles. The predicted molar refractivity (Wildman–Crippen MR) is 84.9 cm³/mol. The van der Waals surface area contributed by atoms with Gasteiger partial charge in [-0.1, -0.05) is 39.0 Å². The maximum atomic E-state index is 11.7. The Kier molecular flexibility index (Phi) is 7.10. The summed E-state index contributed by atoms with van der Waals surface area (Å²) in [7, 11) is 0. The molecule has 1 aromatic rings. The molecule has 4 heteroatoms. The number of benzene rings is 1. The third-order valence-corrected chi connectivity index (χ3v) is 4.09. The highest BCUT2D eigenvalue weighted by molar-refractivity contribution is 7.99. The summed E-state index contributed by atoms with van der Waals surface area (Å²) in [4.78, 5) is 12.8. The first-order valence-electron chi connectivity index (χ1n) is 7.02. The zero-order valence-electron chi connectivity index (χ0n) is 12.6. The highest BCUT2D eigenvalue weighted by Crippen LogP contribution is 2.21. The van der Waals surface area contributed by atoms with Crippen LogP contribution >= 0.6 is 11.8 Å². The first-order chi connectivity index (χ1) is 9.39. The molecule has 0 fully saturated rings. The summed E-state index contributed by atoms with van der Waals surface area (Å²) in [6.45, 7) is 6.52. The van der Waals surface area contributed by atoms with Gasteiger partial charge in [-0.3, -0.25) is 4.79 Å². The van der Waals surface area contributed by atoms with Crippen LogP contribution in [-0.2, 0) is 4.79 Å². The monoisotopic (exact) mass is 295 g/mol. The normalized spacial score (nSPS) is 13.0. The van der Waals surface area contributed by atoms with Crippen molar-refractivity contribution in [3.63, 3.8) is 0 Å². The summed E-state index contributed by atoms with van der Waals surface area (Å²) in [5.74, 6) is 0.826. The van der Waals surface area contributed by atoms with Crippen LogP contribution in [0, 0.1) is 5.41 Å². The first kappa shape index (κ1) is 17.1. The molecular weight excluding hydrogens is 270 g/mol. The fourth-order valence-corrected chi connectivity index (χ4v) is 2.52. The molecule has 0 aliphatic carbocycles. The molecule has 0 saturated heterocycles. The molecule has 3 nitrogen and oxygen atoms in total. The van der Waals surface area contributed by atoms with Gasteiger partial charge in [0.2, 0.25) is 5.91 Å². The smallest absolute Gasteiger partial charge is 0.220 e. The van der Waals surface area contributed by atoms with Crippen molar-refractivity contribution in [3.8, 4) is 0 Å². The first-order valence-corrected chi connectivity index (χ1v) is 8.01. The lowest BCUT2D eigenvalue weighted by Crippen LogP contribution is -2.32. The van der Waals surface area contributed by atoms with E-state index in [2.05, 4.69) is 5.32 Å². The Morgan fingerprint density at radius 2 is 1.95 bits per heavy atom. The second-order valence-corrected chi connectivity index (χ2v) is 7.10. The largest absolute Gasteiger partial charge is 0.393 e. The molecule has 0 bridgehead atoms. The van der Waals surface area contributed by atoms with Crippen molar-refractivity contribution in [2.45, 2.75) is 44.6 Å². The van der Waals surface area contributed by atoms with Gasteiger partial charge in [0.25, 0.3) is 0 Å². The van der Waals surface area contributed by atoms with Gasteiger partial charge in [-0.15, -0.1) is 11.8 Å². The van der Waals surface area contributed by atoms with E-state index in [4.69, 9.17) is 0 Å². The van der Waals surface area contributed by atoms with Gasteiger partial charge in [0.15, 0.2) is 0 Å². The number of amides is 1. The van der Waals surface area contributed by atoms with E-state index in [0.29, 0.717) is 19.4 Å². The van der Waals surface area contributed by atoms with Gasteiger partial charge in [-0.2, -0.15) is 0 Å². The average molecular weight is 295 g/mol. The van der Waals surface area contributed by atoms with Crippen molar-refractivity contribution < 1.29 is 9.90 Å². The van der Waals surface area contributed by atoms with Crippen LogP contribution in [0.4, 0.5) is 0 Å². The molecule has 0 spiro atoms. The summed E-state index contributed by atoms with van der Waals surface area (Å²) < 4.78 is 0. The van der Waals surface area contributed by atoms with Crippen molar-refractivity contribution in [3.05, 3.63) is 30.3 Å². The molecule has 1 amide bonds. The fraction of sp³-hybridized carbons (Fsp3) is 0.562. The van der Waals surface area contributed by atoms with Crippen molar-refractivity contribution in [1.82, 2.24) is 5.32 Å². The maximum absolute atomic E-state index is 11.7. The fourth-order valence-electron chi connectivity index (χ4n) is 1.65. The molecule has 0 unspecified atom stereocenters. The molecule has 0 radical (unpaired) electrons. The molecule has 0 heterocycles. The topological polar surface area (TPSA) is 49.3 Å². The van der Waals surface area contributed by atoms with Gasteiger partial charge in [0.1, 0.15) is 0 Å². The van der Waals surface area contributed by atoms with Crippen LogP contribution in [0.15, 0.2) is 35.2 Å². The van der Waals surface area contributed by atoms with E-state index in [9.17, 15) is 9.90 Å². The molecule has 1 rings (SSSR count). The van der Waals surface area contributed by atoms with Crippen LogP contribution in [0.1, 0.15) is 33.6 Å². The van der Waals surface area contributed by atoms with Crippen LogP contribution in [0.25, 0.3) is 0 Å². The molecule has 20 heavy (non-hydrogen) atoms. The Morgan fingerprint density at radius 3 is 2.55 bits per heavy atom. The highest BCUT2D eigenvalue weighted by atomic mass is 32.2. The van der Waals surface area contributed by atoms with E-state index >= 15 is 0 Å². The van der Waals surface area contributed by atoms with Crippen LogP contribution in [-0.4, -0.2) is 29.4 Å². The minimum atomic E-state index is -0.388. The molecule has 1 aromatic carbocycles. The minimum absolute atomic E-state index is 0.0505. The Labute approximate surface area is 126 Å². The third kappa shape index (κ3) is 6.96. The van der Waals surface area contributed by atoms with Crippen molar-refractivity contribution in [2.24, 2.45) is 5.41 Å². The zero-order chi connectivity index (χ0) is 15.0. The van der Waals surface area contributed by atoms with Crippen LogP contribution < -0.4 is 5.32 Å². The maximum Gasteiger partial charge on any atom is 0.220 e. The van der Waals surface area contributed by atoms with E-state index in [0.717, 1.165) is 5.75 Å². The summed E-state index contributed by atoms with van der Waals surface area (Å²) >= 11 is 1.68. The minimum Gasteiger partial charge on any atom is -0.393 e. The Morgan fingerprint density at radius 1 is 1.30 bits per heavy atom. The number of aliphatic hydroxyl groups excluding tert-OH is 1. The van der Waals surface area contributed by atoms with Crippen LogP contribution in [0.3, 0.4) is 0 Å². The van der Waals surface area contributed by atoms with Gasteiger partial charge < -0.3 is 10.4 Å². The van der Waals surface area contributed by atoms with Gasteiger partial charge in [-0.05, 0) is 24.0 Å². The number of rotatable bonds is 7. The summed E-state index contributed by atoms with van der Waals surface area (Å²) in [6.07, 6.45) is 0.716. The van der Waals surface area contributed by atoms with Crippen molar-refractivity contribution in [1.29, 1.82) is 0 Å². The number of hydrogen-bond donors (Lipinski definition) is 2. The van der Waals surface area contributed by atoms with Crippen LogP contribution in [0.2, 0.25) is 0 Å². The molecule has 2 N–H and O–H groups in total. The number of carbonyl (C=O) groups excluding carboxylic acids is 1. The lowest BCUT2D eigenvalue weighted by atomic mass is 9.87. The summed E-state index contributed by atoms with van der Waals surface area (Å²) in [6, 6.07) is 10.1. The predicted octanol–water partition coefficient (Wildman–Crippen LogP) is 3.08. The Balaban J connectivity index is 2.12. The molecule has 0 aliphatic rings.